The lowest BCUT2D eigenvalue weighted by atomic mass is 10.1. The van der Waals surface area contributed by atoms with Gasteiger partial charge in [-0.05, 0) is 47.2 Å². The quantitative estimate of drug-likeness (QED) is 0.736. The number of hydrogen-bond donors (Lipinski definition) is 1. The predicted molar refractivity (Wildman–Crippen MR) is 81.0 cm³/mol. The highest BCUT2D eigenvalue weighted by Crippen LogP contribution is 2.26. The summed E-state index contributed by atoms with van der Waals surface area (Å²) in [5, 5.41) is 6.37. The first-order chi connectivity index (χ1) is 9.72. The van der Waals surface area contributed by atoms with Gasteiger partial charge in [0.2, 0.25) is 5.28 Å². The van der Waals surface area contributed by atoms with Gasteiger partial charge in [0.05, 0.1) is 5.39 Å². The van der Waals surface area contributed by atoms with E-state index in [1.165, 1.54) is 23.5 Å². The first kappa shape index (κ1) is 13.3. The molecule has 0 atom stereocenters. The predicted octanol–water partition coefficient (Wildman–Crippen LogP) is 4.14. The molecule has 3 nitrogen and oxygen atoms in total. The SMILES string of the molecule is Fc1cccc(CCNc2nc(Cl)nc3sccc23)c1. The van der Waals surface area contributed by atoms with Crippen LogP contribution >= 0.6 is 22.9 Å². The molecule has 0 fully saturated rings. The Kier molecular flexibility index (Phi) is 3.80. The van der Waals surface area contributed by atoms with Crippen molar-refractivity contribution in [3.63, 3.8) is 0 Å². The van der Waals surface area contributed by atoms with Crippen LogP contribution < -0.4 is 5.32 Å². The third kappa shape index (κ3) is 2.89. The zero-order valence-corrected chi connectivity index (χ0v) is 12.0. The summed E-state index contributed by atoms with van der Waals surface area (Å²) in [5.74, 6) is 0.505. The Labute approximate surface area is 124 Å². The van der Waals surface area contributed by atoms with Crippen molar-refractivity contribution in [2.45, 2.75) is 6.42 Å². The van der Waals surface area contributed by atoms with E-state index in [1.54, 1.807) is 6.07 Å². The van der Waals surface area contributed by atoms with Crippen molar-refractivity contribution in [3.05, 3.63) is 52.4 Å². The summed E-state index contributed by atoms with van der Waals surface area (Å²) in [6.07, 6.45) is 0.713. The van der Waals surface area contributed by atoms with Crippen LogP contribution in [0.5, 0.6) is 0 Å². The molecule has 0 aliphatic carbocycles. The van der Waals surface area contributed by atoms with E-state index in [1.807, 2.05) is 17.5 Å². The average molecular weight is 308 g/mol. The smallest absolute Gasteiger partial charge is 0.225 e. The zero-order chi connectivity index (χ0) is 13.9. The molecule has 20 heavy (non-hydrogen) atoms. The second-order valence-electron chi connectivity index (χ2n) is 4.29. The summed E-state index contributed by atoms with van der Waals surface area (Å²) in [5.41, 5.74) is 0.944. The standard InChI is InChI=1S/C14H11ClFN3S/c15-14-18-12(11-5-7-20-13(11)19-14)17-6-4-9-2-1-3-10(16)8-9/h1-3,5,7-8H,4,6H2,(H,17,18,19). The van der Waals surface area contributed by atoms with E-state index in [0.29, 0.717) is 13.0 Å². The lowest BCUT2D eigenvalue weighted by Gasteiger charge is -2.07. The number of nitrogens with one attached hydrogen (secondary N) is 1. The highest BCUT2D eigenvalue weighted by atomic mass is 35.5. The molecule has 2 heterocycles. The molecule has 0 spiro atoms. The monoisotopic (exact) mass is 307 g/mol. The molecule has 0 unspecified atom stereocenters. The molecule has 0 aliphatic rings. The van der Waals surface area contributed by atoms with Crippen LogP contribution in [0.3, 0.4) is 0 Å². The normalized spacial score (nSPS) is 10.9. The maximum Gasteiger partial charge on any atom is 0.225 e. The number of halogens is 2. The number of hydrogen-bond acceptors (Lipinski definition) is 4. The largest absolute Gasteiger partial charge is 0.369 e. The molecular formula is C14H11ClFN3S. The van der Waals surface area contributed by atoms with Gasteiger partial charge in [-0.3, -0.25) is 0 Å². The van der Waals surface area contributed by atoms with Gasteiger partial charge in [-0.2, -0.15) is 0 Å². The molecule has 0 bridgehead atoms. The van der Waals surface area contributed by atoms with Crippen molar-refractivity contribution in [1.29, 1.82) is 0 Å². The Balaban J connectivity index is 1.72. The van der Waals surface area contributed by atoms with Crippen molar-refractivity contribution in [1.82, 2.24) is 9.97 Å². The summed E-state index contributed by atoms with van der Waals surface area (Å²) in [6, 6.07) is 8.55. The Morgan fingerprint density at radius 1 is 1.25 bits per heavy atom. The van der Waals surface area contributed by atoms with E-state index < -0.39 is 0 Å². The number of rotatable bonds is 4. The lowest BCUT2D eigenvalue weighted by Crippen LogP contribution is -2.07. The molecule has 1 N–H and O–H groups in total. The van der Waals surface area contributed by atoms with Gasteiger partial charge in [0.25, 0.3) is 0 Å². The molecule has 2 aromatic heterocycles. The number of fused-ring (bicyclic) bond motifs is 1. The number of nitrogens with zero attached hydrogens (tertiary/aromatic N) is 2. The van der Waals surface area contributed by atoms with Crippen LogP contribution in [0, 0.1) is 5.82 Å². The number of aromatic nitrogens is 2. The number of thiophene rings is 1. The molecule has 0 aliphatic heterocycles. The molecule has 3 aromatic rings. The molecule has 0 radical (unpaired) electrons. The fraction of sp³-hybridized carbons (Fsp3) is 0.143. The zero-order valence-electron chi connectivity index (χ0n) is 10.4. The van der Waals surface area contributed by atoms with Gasteiger partial charge in [0.1, 0.15) is 16.5 Å². The van der Waals surface area contributed by atoms with E-state index in [-0.39, 0.29) is 11.1 Å². The summed E-state index contributed by atoms with van der Waals surface area (Å²) in [6.45, 7) is 0.655. The molecule has 6 heteroatoms. The molecule has 1 aromatic carbocycles. The summed E-state index contributed by atoms with van der Waals surface area (Å²) in [4.78, 5) is 9.21. The topological polar surface area (TPSA) is 37.8 Å². The minimum absolute atomic E-state index is 0.215. The van der Waals surface area contributed by atoms with E-state index in [2.05, 4.69) is 15.3 Å². The van der Waals surface area contributed by atoms with Crippen LogP contribution in [0.4, 0.5) is 10.2 Å². The highest BCUT2D eigenvalue weighted by molar-refractivity contribution is 7.16. The maximum absolute atomic E-state index is 13.1. The van der Waals surface area contributed by atoms with E-state index in [9.17, 15) is 4.39 Å². The Hall–Kier alpha value is -1.72. The van der Waals surface area contributed by atoms with Crippen LogP contribution in [-0.2, 0) is 6.42 Å². The fourth-order valence-electron chi connectivity index (χ4n) is 1.98. The highest BCUT2D eigenvalue weighted by Gasteiger charge is 2.07. The lowest BCUT2D eigenvalue weighted by molar-refractivity contribution is 0.625. The van der Waals surface area contributed by atoms with Gasteiger partial charge in [0, 0.05) is 6.54 Å². The molecule has 0 saturated carbocycles. The molecular weight excluding hydrogens is 297 g/mol. The Morgan fingerprint density at radius 2 is 2.15 bits per heavy atom. The van der Waals surface area contributed by atoms with Crippen LogP contribution in [0.15, 0.2) is 35.7 Å². The van der Waals surface area contributed by atoms with Gasteiger partial charge in [-0.15, -0.1) is 11.3 Å². The van der Waals surface area contributed by atoms with Gasteiger partial charge < -0.3 is 5.32 Å². The van der Waals surface area contributed by atoms with Crippen LogP contribution in [0.1, 0.15) is 5.56 Å². The molecule has 3 rings (SSSR count). The van der Waals surface area contributed by atoms with E-state index in [0.717, 1.165) is 21.6 Å². The fourth-order valence-corrected chi connectivity index (χ4v) is 2.96. The summed E-state index contributed by atoms with van der Waals surface area (Å²) < 4.78 is 13.1. The van der Waals surface area contributed by atoms with E-state index >= 15 is 0 Å². The minimum Gasteiger partial charge on any atom is -0.369 e. The molecule has 0 saturated heterocycles. The van der Waals surface area contributed by atoms with Crippen LogP contribution in [0.2, 0.25) is 5.28 Å². The molecule has 102 valence electrons. The van der Waals surface area contributed by atoms with E-state index in [4.69, 9.17) is 11.6 Å². The first-order valence-corrected chi connectivity index (χ1v) is 7.37. The third-order valence-corrected chi connectivity index (χ3v) is 3.87. The maximum atomic E-state index is 13.1. The average Bonchev–Trinajstić information content (AvgIpc) is 2.87. The first-order valence-electron chi connectivity index (χ1n) is 6.11. The van der Waals surface area contributed by atoms with Gasteiger partial charge in [0.15, 0.2) is 0 Å². The van der Waals surface area contributed by atoms with Crippen molar-refractivity contribution >= 4 is 39.0 Å². The van der Waals surface area contributed by atoms with Crippen molar-refractivity contribution < 1.29 is 4.39 Å². The van der Waals surface area contributed by atoms with Crippen molar-refractivity contribution in [2.75, 3.05) is 11.9 Å². The second-order valence-corrected chi connectivity index (χ2v) is 5.52. The number of anilines is 1. The third-order valence-electron chi connectivity index (χ3n) is 2.89. The van der Waals surface area contributed by atoms with Crippen LogP contribution in [-0.4, -0.2) is 16.5 Å². The minimum atomic E-state index is -0.215. The second kappa shape index (κ2) is 5.73. The summed E-state index contributed by atoms with van der Waals surface area (Å²) in [7, 11) is 0. The van der Waals surface area contributed by atoms with Gasteiger partial charge in [-0.1, -0.05) is 12.1 Å². The summed E-state index contributed by atoms with van der Waals surface area (Å²) >= 11 is 7.41. The van der Waals surface area contributed by atoms with Gasteiger partial charge in [-0.25, -0.2) is 14.4 Å². The van der Waals surface area contributed by atoms with Crippen molar-refractivity contribution in [2.24, 2.45) is 0 Å². The molecule has 0 amide bonds. The van der Waals surface area contributed by atoms with Gasteiger partial charge >= 0.3 is 0 Å². The Morgan fingerprint density at radius 3 is 3.00 bits per heavy atom. The number of benzene rings is 1. The Bertz CT molecular complexity index is 744. The van der Waals surface area contributed by atoms with Crippen molar-refractivity contribution in [3.8, 4) is 0 Å². The van der Waals surface area contributed by atoms with Crippen LogP contribution in [0.25, 0.3) is 10.2 Å².